The van der Waals surface area contributed by atoms with E-state index >= 15 is 0 Å². The molecule has 0 aliphatic heterocycles. The van der Waals surface area contributed by atoms with E-state index in [9.17, 15) is 14.9 Å². The van der Waals surface area contributed by atoms with Gasteiger partial charge in [0.25, 0.3) is 0 Å². The fourth-order valence-electron chi connectivity index (χ4n) is 3.01. The van der Waals surface area contributed by atoms with Crippen LogP contribution in [0, 0.1) is 25.2 Å². The van der Waals surface area contributed by atoms with Crippen LogP contribution in [0.5, 0.6) is 0 Å². The molecule has 0 spiro atoms. The molecule has 7 heteroatoms. The predicted molar refractivity (Wildman–Crippen MR) is 118 cm³/mol. The number of nitrogens with zero attached hydrogens (tertiary/aromatic N) is 2. The van der Waals surface area contributed by atoms with Crippen molar-refractivity contribution in [1.29, 1.82) is 5.26 Å². The molecule has 0 bridgehead atoms. The van der Waals surface area contributed by atoms with Crippen LogP contribution < -0.4 is 16.0 Å². The zero-order chi connectivity index (χ0) is 21.7. The average molecular weight is 401 g/mol. The van der Waals surface area contributed by atoms with E-state index in [0.717, 1.165) is 22.0 Å². The van der Waals surface area contributed by atoms with Gasteiger partial charge in [-0.1, -0.05) is 12.1 Å². The number of aromatic nitrogens is 1. The Bertz CT molecular complexity index is 1160. The first kappa shape index (κ1) is 20.8. The van der Waals surface area contributed by atoms with Crippen molar-refractivity contribution >= 4 is 34.2 Å². The van der Waals surface area contributed by atoms with Crippen LogP contribution in [-0.2, 0) is 0 Å². The summed E-state index contributed by atoms with van der Waals surface area (Å²) in [5.41, 5.74) is 4.63. The van der Waals surface area contributed by atoms with Gasteiger partial charge in [0.1, 0.15) is 11.9 Å². The number of nitriles is 1. The van der Waals surface area contributed by atoms with Crippen LogP contribution in [0.25, 0.3) is 10.9 Å². The summed E-state index contributed by atoms with van der Waals surface area (Å²) in [7, 11) is 0. The molecule has 3 aromatic rings. The van der Waals surface area contributed by atoms with Gasteiger partial charge < -0.3 is 16.0 Å². The first-order valence-electron chi connectivity index (χ1n) is 9.59. The average Bonchev–Trinajstić information content (AvgIpc) is 2.72. The van der Waals surface area contributed by atoms with Crippen molar-refractivity contribution in [1.82, 2.24) is 10.3 Å². The molecule has 3 N–H and O–H groups in total. The lowest BCUT2D eigenvalue weighted by atomic mass is 10.0. The van der Waals surface area contributed by atoms with Gasteiger partial charge in [0, 0.05) is 29.7 Å². The third-order valence-corrected chi connectivity index (χ3v) is 4.78. The lowest BCUT2D eigenvalue weighted by molar-refractivity contribution is 0.101. The van der Waals surface area contributed by atoms with E-state index < -0.39 is 0 Å². The molecule has 2 aromatic carbocycles. The Hall–Kier alpha value is -3.92. The van der Waals surface area contributed by atoms with Crippen LogP contribution in [-0.4, -0.2) is 29.9 Å². The van der Waals surface area contributed by atoms with Gasteiger partial charge in [-0.15, -0.1) is 0 Å². The Balaban J connectivity index is 1.58. The van der Waals surface area contributed by atoms with Crippen LogP contribution in [0.2, 0.25) is 0 Å². The van der Waals surface area contributed by atoms with Crippen LogP contribution >= 0.6 is 0 Å². The highest BCUT2D eigenvalue weighted by atomic mass is 16.2. The van der Waals surface area contributed by atoms with Crippen molar-refractivity contribution in [2.45, 2.75) is 20.8 Å². The largest absolute Gasteiger partial charge is 0.367 e. The maximum Gasteiger partial charge on any atom is 0.319 e. The van der Waals surface area contributed by atoms with Crippen LogP contribution in [0.3, 0.4) is 0 Å². The first-order chi connectivity index (χ1) is 14.4. The summed E-state index contributed by atoms with van der Waals surface area (Å²) >= 11 is 0. The first-order valence-corrected chi connectivity index (χ1v) is 9.59. The van der Waals surface area contributed by atoms with Gasteiger partial charge in [-0.05, 0) is 62.2 Å². The van der Waals surface area contributed by atoms with E-state index in [2.05, 4.69) is 27.0 Å². The zero-order valence-electron chi connectivity index (χ0n) is 17.2. The van der Waals surface area contributed by atoms with Crippen molar-refractivity contribution in [3.8, 4) is 6.07 Å². The highest BCUT2D eigenvalue weighted by Gasteiger charge is 2.09. The van der Waals surface area contributed by atoms with E-state index in [1.165, 1.54) is 6.92 Å². The molecule has 0 radical (unpaired) electrons. The summed E-state index contributed by atoms with van der Waals surface area (Å²) in [4.78, 5) is 28.1. The normalized spacial score (nSPS) is 10.3. The molecule has 0 unspecified atom stereocenters. The lowest BCUT2D eigenvalue weighted by Crippen LogP contribution is -2.32. The number of ketones is 1. The van der Waals surface area contributed by atoms with E-state index in [4.69, 9.17) is 0 Å². The monoisotopic (exact) mass is 401 g/mol. The number of pyridine rings is 1. The molecule has 1 heterocycles. The van der Waals surface area contributed by atoms with Crippen molar-refractivity contribution in [3.05, 3.63) is 64.7 Å². The number of rotatable bonds is 6. The third kappa shape index (κ3) is 4.92. The molecule has 1 aromatic heterocycles. The van der Waals surface area contributed by atoms with Crippen molar-refractivity contribution in [2.24, 2.45) is 0 Å². The molecular formula is C23H23N5O2. The van der Waals surface area contributed by atoms with E-state index in [-0.39, 0.29) is 11.8 Å². The molecule has 2 amide bonds. The highest BCUT2D eigenvalue weighted by Crippen LogP contribution is 2.23. The standard InChI is InChI=1S/C23H23N5O2/c1-14-9-18-11-19(13-24)22(28-21(18)10-15(14)2)25-7-8-26-23(30)27-20-6-4-5-17(12-20)16(3)29/h4-6,9-12H,7-8H2,1-3H3,(H,25,28)(H2,26,27,30). The molecular weight excluding hydrogens is 378 g/mol. The van der Waals surface area contributed by atoms with Gasteiger partial charge in [-0.25, -0.2) is 9.78 Å². The number of carbonyl (C=O) groups excluding carboxylic acids is 2. The molecule has 7 nitrogen and oxygen atoms in total. The Labute approximate surface area is 175 Å². The number of hydrogen-bond acceptors (Lipinski definition) is 5. The Morgan fingerprint density at radius 2 is 1.83 bits per heavy atom. The summed E-state index contributed by atoms with van der Waals surface area (Å²) in [5, 5.41) is 18.9. The fourth-order valence-corrected chi connectivity index (χ4v) is 3.01. The number of fused-ring (bicyclic) bond motifs is 1. The van der Waals surface area contributed by atoms with Crippen LogP contribution in [0.4, 0.5) is 16.3 Å². The summed E-state index contributed by atoms with van der Waals surface area (Å²) in [6.45, 7) is 6.26. The summed E-state index contributed by atoms with van der Waals surface area (Å²) in [5.74, 6) is 0.425. The number of hydrogen-bond donors (Lipinski definition) is 3. The summed E-state index contributed by atoms with van der Waals surface area (Å²) < 4.78 is 0. The summed E-state index contributed by atoms with van der Waals surface area (Å²) in [6.07, 6.45) is 0. The van der Waals surface area contributed by atoms with Gasteiger partial charge in [0.05, 0.1) is 11.1 Å². The topological polar surface area (TPSA) is 107 Å². The predicted octanol–water partition coefficient (Wildman–Crippen LogP) is 4.16. The molecule has 3 rings (SSSR count). The molecule has 0 aliphatic rings. The molecule has 152 valence electrons. The number of nitrogens with one attached hydrogen (secondary N) is 3. The minimum absolute atomic E-state index is 0.0650. The number of anilines is 2. The Morgan fingerprint density at radius 3 is 2.57 bits per heavy atom. The van der Waals surface area contributed by atoms with E-state index in [1.807, 2.05) is 32.0 Å². The van der Waals surface area contributed by atoms with Gasteiger partial charge in [-0.3, -0.25) is 4.79 Å². The minimum Gasteiger partial charge on any atom is -0.367 e. The number of carbonyl (C=O) groups is 2. The van der Waals surface area contributed by atoms with Crippen LogP contribution in [0.1, 0.15) is 34.0 Å². The maximum absolute atomic E-state index is 12.1. The molecule has 0 saturated heterocycles. The maximum atomic E-state index is 12.1. The second kappa shape index (κ2) is 9.05. The second-order valence-electron chi connectivity index (χ2n) is 7.07. The highest BCUT2D eigenvalue weighted by molar-refractivity contribution is 5.96. The minimum atomic E-state index is -0.379. The summed E-state index contributed by atoms with van der Waals surface area (Å²) in [6, 6.07) is 14.4. The van der Waals surface area contributed by atoms with Crippen molar-refractivity contribution in [2.75, 3.05) is 23.7 Å². The van der Waals surface area contributed by atoms with Gasteiger partial charge in [0.15, 0.2) is 5.78 Å². The number of aryl methyl sites for hydroxylation is 2. The molecule has 0 fully saturated rings. The van der Waals surface area contributed by atoms with Crippen molar-refractivity contribution < 1.29 is 9.59 Å². The third-order valence-electron chi connectivity index (χ3n) is 4.78. The zero-order valence-corrected chi connectivity index (χ0v) is 17.2. The van der Waals surface area contributed by atoms with Crippen LogP contribution in [0.15, 0.2) is 42.5 Å². The Morgan fingerprint density at radius 1 is 1.07 bits per heavy atom. The van der Waals surface area contributed by atoms with Crippen molar-refractivity contribution in [3.63, 3.8) is 0 Å². The van der Waals surface area contributed by atoms with E-state index in [1.54, 1.807) is 24.3 Å². The molecule has 0 saturated carbocycles. The number of urea groups is 1. The Kier molecular flexibility index (Phi) is 6.28. The number of benzene rings is 2. The molecule has 30 heavy (non-hydrogen) atoms. The molecule has 0 atom stereocenters. The van der Waals surface area contributed by atoms with Gasteiger partial charge in [-0.2, -0.15) is 5.26 Å². The number of Topliss-reactive ketones (excluding diaryl/α,β-unsaturated/α-hetero) is 1. The SMILES string of the molecule is CC(=O)c1cccc(NC(=O)NCCNc2nc3cc(C)c(C)cc3cc2C#N)c1. The smallest absolute Gasteiger partial charge is 0.319 e. The lowest BCUT2D eigenvalue weighted by Gasteiger charge is -2.11. The fraction of sp³-hybridized carbons (Fsp3) is 0.217. The second-order valence-corrected chi connectivity index (χ2v) is 7.07. The molecule has 0 aliphatic carbocycles. The van der Waals surface area contributed by atoms with Gasteiger partial charge in [0.2, 0.25) is 0 Å². The van der Waals surface area contributed by atoms with E-state index in [0.29, 0.717) is 35.7 Å². The van der Waals surface area contributed by atoms with Gasteiger partial charge >= 0.3 is 6.03 Å². The quantitative estimate of drug-likeness (QED) is 0.425. The number of amides is 2.